The van der Waals surface area contributed by atoms with Gasteiger partial charge in [-0.3, -0.25) is 4.68 Å². The van der Waals surface area contributed by atoms with Gasteiger partial charge in [0.1, 0.15) is 12.1 Å². The van der Waals surface area contributed by atoms with E-state index in [2.05, 4.69) is 26.9 Å². The summed E-state index contributed by atoms with van der Waals surface area (Å²) >= 11 is 0. The molecule has 0 bridgehead atoms. The van der Waals surface area contributed by atoms with Crippen LogP contribution in [0.15, 0.2) is 12.5 Å². The largest absolute Gasteiger partial charge is 0.355 e. The van der Waals surface area contributed by atoms with Crippen molar-refractivity contribution in [1.29, 1.82) is 0 Å². The van der Waals surface area contributed by atoms with E-state index in [1.54, 1.807) is 11.0 Å². The molecule has 0 aliphatic heterocycles. The van der Waals surface area contributed by atoms with Gasteiger partial charge in [0.25, 0.3) is 0 Å². The number of aromatic nitrogens is 4. The Morgan fingerprint density at radius 2 is 2.18 bits per heavy atom. The SMILES string of the molecule is CCCN(CCN)c1ncnc2c1cnn2C. The van der Waals surface area contributed by atoms with E-state index in [-0.39, 0.29) is 0 Å². The summed E-state index contributed by atoms with van der Waals surface area (Å²) in [5.74, 6) is 0.926. The van der Waals surface area contributed by atoms with Crippen molar-refractivity contribution in [1.82, 2.24) is 19.7 Å². The molecule has 0 atom stereocenters. The van der Waals surface area contributed by atoms with Gasteiger partial charge in [0.05, 0.1) is 11.6 Å². The molecule has 0 aliphatic rings. The first kappa shape index (κ1) is 11.8. The number of hydrogen-bond donors (Lipinski definition) is 1. The highest BCUT2D eigenvalue weighted by molar-refractivity contribution is 5.86. The predicted molar refractivity (Wildman–Crippen MR) is 67.9 cm³/mol. The van der Waals surface area contributed by atoms with Crippen LogP contribution in [0.1, 0.15) is 13.3 Å². The number of anilines is 1. The van der Waals surface area contributed by atoms with Crippen LogP contribution in [-0.4, -0.2) is 39.4 Å². The molecule has 0 aromatic carbocycles. The molecule has 2 rings (SSSR count). The molecule has 2 heterocycles. The van der Waals surface area contributed by atoms with Gasteiger partial charge in [-0.15, -0.1) is 0 Å². The maximum Gasteiger partial charge on any atom is 0.163 e. The Morgan fingerprint density at radius 1 is 1.35 bits per heavy atom. The minimum Gasteiger partial charge on any atom is -0.355 e. The van der Waals surface area contributed by atoms with E-state index >= 15 is 0 Å². The quantitative estimate of drug-likeness (QED) is 0.817. The number of nitrogens with zero attached hydrogens (tertiary/aromatic N) is 5. The van der Waals surface area contributed by atoms with Gasteiger partial charge >= 0.3 is 0 Å². The Labute approximate surface area is 100 Å². The lowest BCUT2D eigenvalue weighted by Gasteiger charge is -2.22. The van der Waals surface area contributed by atoms with Crippen molar-refractivity contribution in [3.63, 3.8) is 0 Å². The first-order chi connectivity index (χ1) is 8.27. The van der Waals surface area contributed by atoms with Gasteiger partial charge in [-0.05, 0) is 6.42 Å². The molecule has 2 aromatic heterocycles. The molecule has 2 N–H and O–H groups in total. The van der Waals surface area contributed by atoms with Crippen molar-refractivity contribution < 1.29 is 0 Å². The molecule has 0 saturated carbocycles. The lowest BCUT2D eigenvalue weighted by atomic mass is 10.3. The van der Waals surface area contributed by atoms with Crippen LogP contribution < -0.4 is 10.6 Å². The molecule has 92 valence electrons. The summed E-state index contributed by atoms with van der Waals surface area (Å²) < 4.78 is 1.76. The molecule has 6 heteroatoms. The highest BCUT2D eigenvalue weighted by Crippen LogP contribution is 2.21. The van der Waals surface area contributed by atoms with Gasteiger partial charge in [-0.2, -0.15) is 5.10 Å². The average Bonchev–Trinajstić information content (AvgIpc) is 2.71. The van der Waals surface area contributed by atoms with Gasteiger partial charge in [0.15, 0.2) is 5.65 Å². The summed E-state index contributed by atoms with van der Waals surface area (Å²) in [5, 5.41) is 5.20. The summed E-state index contributed by atoms with van der Waals surface area (Å²) in [4.78, 5) is 10.8. The van der Waals surface area contributed by atoms with Crippen LogP contribution in [0.25, 0.3) is 11.0 Å². The second-order valence-corrected chi connectivity index (χ2v) is 3.98. The Balaban J connectivity index is 2.44. The molecule has 6 nitrogen and oxygen atoms in total. The zero-order chi connectivity index (χ0) is 12.3. The lowest BCUT2D eigenvalue weighted by molar-refractivity contribution is 0.752. The highest BCUT2D eigenvalue weighted by Gasteiger charge is 2.13. The van der Waals surface area contributed by atoms with Gasteiger partial charge in [-0.25, -0.2) is 9.97 Å². The van der Waals surface area contributed by atoms with Crippen molar-refractivity contribution in [3.05, 3.63) is 12.5 Å². The third-order valence-electron chi connectivity index (χ3n) is 2.70. The van der Waals surface area contributed by atoms with Crippen LogP contribution in [0.2, 0.25) is 0 Å². The number of fused-ring (bicyclic) bond motifs is 1. The Kier molecular flexibility index (Phi) is 3.53. The van der Waals surface area contributed by atoms with Crippen LogP contribution in [-0.2, 0) is 7.05 Å². The van der Waals surface area contributed by atoms with Gasteiger partial charge < -0.3 is 10.6 Å². The maximum absolute atomic E-state index is 5.64. The summed E-state index contributed by atoms with van der Waals surface area (Å²) in [5.41, 5.74) is 6.50. The first-order valence-corrected chi connectivity index (χ1v) is 5.85. The number of rotatable bonds is 5. The molecule has 0 unspecified atom stereocenters. The van der Waals surface area contributed by atoms with E-state index in [0.717, 1.165) is 36.4 Å². The first-order valence-electron chi connectivity index (χ1n) is 5.85. The van der Waals surface area contributed by atoms with E-state index in [9.17, 15) is 0 Å². The highest BCUT2D eigenvalue weighted by atomic mass is 15.3. The fourth-order valence-electron chi connectivity index (χ4n) is 1.95. The third kappa shape index (κ3) is 2.21. The van der Waals surface area contributed by atoms with E-state index in [4.69, 9.17) is 5.73 Å². The van der Waals surface area contributed by atoms with Gasteiger partial charge in [-0.1, -0.05) is 6.92 Å². The van der Waals surface area contributed by atoms with Crippen molar-refractivity contribution in [3.8, 4) is 0 Å². The van der Waals surface area contributed by atoms with E-state index in [0.29, 0.717) is 6.54 Å². The van der Waals surface area contributed by atoms with Crippen molar-refractivity contribution in [2.75, 3.05) is 24.5 Å². The zero-order valence-corrected chi connectivity index (χ0v) is 10.3. The molecular formula is C11H18N6. The number of nitrogens with two attached hydrogens (primary N) is 1. The average molecular weight is 234 g/mol. The molecule has 0 radical (unpaired) electrons. The Bertz CT molecular complexity index is 486. The summed E-state index contributed by atoms with van der Waals surface area (Å²) in [7, 11) is 1.88. The van der Waals surface area contributed by atoms with Crippen LogP contribution in [0.5, 0.6) is 0 Å². The Morgan fingerprint density at radius 3 is 2.88 bits per heavy atom. The molecule has 0 aliphatic carbocycles. The molecule has 0 spiro atoms. The maximum atomic E-state index is 5.64. The van der Waals surface area contributed by atoms with Crippen LogP contribution in [0.3, 0.4) is 0 Å². The summed E-state index contributed by atoms with van der Waals surface area (Å²) in [6.45, 7) is 4.50. The molecule has 0 saturated heterocycles. The standard InChI is InChI=1S/C11H18N6/c1-3-5-17(6-4-12)11-9-7-15-16(2)10(9)13-8-14-11/h7-8H,3-6,12H2,1-2H3. The lowest BCUT2D eigenvalue weighted by Crippen LogP contribution is -2.31. The van der Waals surface area contributed by atoms with Crippen LogP contribution in [0, 0.1) is 0 Å². The normalized spacial score (nSPS) is 11.0. The van der Waals surface area contributed by atoms with Crippen molar-refractivity contribution in [2.45, 2.75) is 13.3 Å². The van der Waals surface area contributed by atoms with Crippen molar-refractivity contribution >= 4 is 16.9 Å². The van der Waals surface area contributed by atoms with E-state index in [1.165, 1.54) is 0 Å². The fraction of sp³-hybridized carbons (Fsp3) is 0.545. The predicted octanol–water partition coefficient (Wildman–Crippen LogP) is 0.538. The van der Waals surface area contributed by atoms with Crippen LogP contribution in [0.4, 0.5) is 5.82 Å². The van der Waals surface area contributed by atoms with Crippen LogP contribution >= 0.6 is 0 Å². The molecule has 0 amide bonds. The third-order valence-corrected chi connectivity index (χ3v) is 2.70. The van der Waals surface area contributed by atoms with E-state index in [1.807, 2.05) is 13.2 Å². The number of hydrogen-bond acceptors (Lipinski definition) is 5. The van der Waals surface area contributed by atoms with Gasteiger partial charge in [0.2, 0.25) is 0 Å². The van der Waals surface area contributed by atoms with Gasteiger partial charge in [0, 0.05) is 26.7 Å². The molecule has 17 heavy (non-hydrogen) atoms. The molecule has 0 fully saturated rings. The second kappa shape index (κ2) is 5.09. The minimum atomic E-state index is 0.617. The Hall–Kier alpha value is -1.69. The molecule has 2 aromatic rings. The monoisotopic (exact) mass is 234 g/mol. The summed E-state index contributed by atoms with van der Waals surface area (Å²) in [6, 6.07) is 0. The topological polar surface area (TPSA) is 72.9 Å². The number of aryl methyl sites for hydroxylation is 1. The van der Waals surface area contributed by atoms with Crippen molar-refractivity contribution in [2.24, 2.45) is 12.8 Å². The molecular weight excluding hydrogens is 216 g/mol. The van der Waals surface area contributed by atoms with E-state index < -0.39 is 0 Å². The minimum absolute atomic E-state index is 0.617. The smallest absolute Gasteiger partial charge is 0.163 e. The summed E-state index contributed by atoms with van der Waals surface area (Å²) in [6.07, 6.45) is 4.45. The fourth-order valence-corrected chi connectivity index (χ4v) is 1.95. The second-order valence-electron chi connectivity index (χ2n) is 3.98. The zero-order valence-electron chi connectivity index (χ0n) is 10.3.